The van der Waals surface area contributed by atoms with E-state index in [9.17, 15) is 9.59 Å². The number of pyridine rings is 1. The van der Waals surface area contributed by atoms with Gasteiger partial charge in [-0.2, -0.15) is 0 Å². The summed E-state index contributed by atoms with van der Waals surface area (Å²) in [5, 5.41) is 0. The molecule has 1 aromatic rings. The highest BCUT2D eigenvalue weighted by Gasteiger charge is 2.24. The molecule has 2 heterocycles. The molecule has 1 aliphatic rings. The monoisotopic (exact) mass is 346 g/mol. The number of aliphatic imine (C=N–C) groups is 1. The zero-order chi connectivity index (χ0) is 18.6. The van der Waals surface area contributed by atoms with Crippen LogP contribution < -0.4 is 5.56 Å². The van der Waals surface area contributed by atoms with Gasteiger partial charge in [0.15, 0.2) is 0 Å². The Morgan fingerprint density at radius 3 is 2.60 bits per heavy atom. The molecule has 0 atom stereocenters. The average Bonchev–Trinajstić information content (AvgIpc) is 2.51. The lowest BCUT2D eigenvalue weighted by molar-refractivity contribution is 0.0269. The van der Waals surface area contributed by atoms with Gasteiger partial charge in [-0.15, -0.1) is 0 Å². The summed E-state index contributed by atoms with van der Waals surface area (Å²) in [6.07, 6.45) is 5.53. The molecule has 0 aliphatic carbocycles. The van der Waals surface area contributed by atoms with Crippen molar-refractivity contribution < 1.29 is 9.53 Å². The minimum atomic E-state index is -0.513. The molecule has 136 valence electrons. The Kier molecular flexibility index (Phi) is 5.66. The van der Waals surface area contributed by atoms with Crippen LogP contribution >= 0.6 is 0 Å². The second kappa shape index (κ2) is 7.55. The first-order valence-electron chi connectivity index (χ1n) is 8.26. The maximum absolute atomic E-state index is 12.3. The standard InChI is InChI=1S/C18H26N4O3/c1-18(2,3)25-17(24)21-9-7-15(8-10-21)22-11-6-14(12-16(22)23)19-13-20(4)5/h6-7,11-13H,8-10H2,1-5H3/b19-13+. The zero-order valence-corrected chi connectivity index (χ0v) is 15.5. The van der Waals surface area contributed by atoms with Crippen molar-refractivity contribution in [3.8, 4) is 0 Å². The predicted molar refractivity (Wildman–Crippen MR) is 99.2 cm³/mol. The van der Waals surface area contributed by atoms with Crippen molar-refractivity contribution in [3.63, 3.8) is 0 Å². The van der Waals surface area contributed by atoms with Crippen molar-refractivity contribution in [1.29, 1.82) is 0 Å². The molecule has 1 aromatic heterocycles. The van der Waals surface area contributed by atoms with Gasteiger partial charge in [0.2, 0.25) is 0 Å². The molecule has 0 radical (unpaired) electrons. The number of amides is 1. The smallest absolute Gasteiger partial charge is 0.410 e. The highest BCUT2D eigenvalue weighted by molar-refractivity contribution is 5.69. The first-order valence-corrected chi connectivity index (χ1v) is 8.26. The van der Waals surface area contributed by atoms with Crippen molar-refractivity contribution in [3.05, 3.63) is 34.8 Å². The largest absolute Gasteiger partial charge is 0.444 e. The molecule has 0 saturated carbocycles. The summed E-state index contributed by atoms with van der Waals surface area (Å²) >= 11 is 0. The SMILES string of the molecule is CN(C)/C=N/c1ccn(C2=CCN(C(=O)OC(C)(C)C)CC2)c(=O)c1. The van der Waals surface area contributed by atoms with E-state index in [0.29, 0.717) is 25.2 Å². The van der Waals surface area contributed by atoms with Gasteiger partial charge in [0.1, 0.15) is 5.60 Å². The Bertz CT molecular complexity index is 741. The third-order valence-corrected chi connectivity index (χ3v) is 3.49. The number of nitrogens with zero attached hydrogens (tertiary/aromatic N) is 4. The van der Waals surface area contributed by atoms with Gasteiger partial charge in [0.25, 0.3) is 5.56 Å². The van der Waals surface area contributed by atoms with Crippen molar-refractivity contribution in [1.82, 2.24) is 14.4 Å². The van der Waals surface area contributed by atoms with Crippen LogP contribution in [0.5, 0.6) is 0 Å². The molecule has 7 nitrogen and oxygen atoms in total. The van der Waals surface area contributed by atoms with Gasteiger partial charge in [-0.25, -0.2) is 9.79 Å². The van der Waals surface area contributed by atoms with Crippen LogP contribution in [0.4, 0.5) is 10.5 Å². The summed E-state index contributed by atoms with van der Waals surface area (Å²) in [6.45, 7) is 6.48. The first kappa shape index (κ1) is 18.8. The molecule has 0 aromatic carbocycles. The number of carbonyl (C=O) groups is 1. The maximum atomic E-state index is 12.3. The van der Waals surface area contributed by atoms with Gasteiger partial charge >= 0.3 is 6.09 Å². The summed E-state index contributed by atoms with van der Waals surface area (Å²) in [7, 11) is 3.74. The average molecular weight is 346 g/mol. The van der Waals surface area contributed by atoms with Crippen molar-refractivity contribution in [2.75, 3.05) is 27.2 Å². The van der Waals surface area contributed by atoms with E-state index in [4.69, 9.17) is 4.74 Å². The Morgan fingerprint density at radius 1 is 1.36 bits per heavy atom. The topological polar surface area (TPSA) is 67.1 Å². The molecule has 0 saturated heterocycles. The van der Waals surface area contributed by atoms with Gasteiger partial charge in [-0.3, -0.25) is 9.36 Å². The van der Waals surface area contributed by atoms with Gasteiger partial charge in [-0.05, 0) is 32.9 Å². The van der Waals surface area contributed by atoms with E-state index in [1.807, 2.05) is 40.9 Å². The fourth-order valence-corrected chi connectivity index (χ4v) is 2.34. The molecular weight excluding hydrogens is 320 g/mol. The minimum Gasteiger partial charge on any atom is -0.444 e. The summed E-state index contributed by atoms with van der Waals surface area (Å²) in [5.41, 5.74) is 0.848. The summed E-state index contributed by atoms with van der Waals surface area (Å²) in [6, 6.07) is 3.30. The lowest BCUT2D eigenvalue weighted by Gasteiger charge is -2.29. The fraction of sp³-hybridized carbons (Fsp3) is 0.500. The van der Waals surface area contributed by atoms with Crippen LogP contribution in [0.2, 0.25) is 0 Å². The second-order valence-electron chi connectivity index (χ2n) is 7.17. The zero-order valence-electron chi connectivity index (χ0n) is 15.5. The summed E-state index contributed by atoms with van der Waals surface area (Å²) in [5.74, 6) is 0. The van der Waals surface area contributed by atoms with Crippen LogP contribution in [0.15, 0.2) is 34.2 Å². The van der Waals surface area contributed by atoms with E-state index >= 15 is 0 Å². The molecule has 0 spiro atoms. The quantitative estimate of drug-likeness (QED) is 0.623. The van der Waals surface area contributed by atoms with E-state index < -0.39 is 5.60 Å². The Labute approximate surface area is 148 Å². The number of hydrogen-bond donors (Lipinski definition) is 0. The van der Waals surface area contributed by atoms with E-state index in [0.717, 1.165) is 5.70 Å². The van der Waals surface area contributed by atoms with Crippen molar-refractivity contribution in [2.24, 2.45) is 4.99 Å². The van der Waals surface area contributed by atoms with Crippen molar-refractivity contribution >= 4 is 23.8 Å². The molecule has 0 bridgehead atoms. The van der Waals surface area contributed by atoms with Crippen LogP contribution in [-0.4, -0.2) is 59.6 Å². The highest BCUT2D eigenvalue weighted by atomic mass is 16.6. The third kappa shape index (κ3) is 5.48. The molecule has 1 amide bonds. The molecule has 0 unspecified atom stereocenters. The molecule has 1 aliphatic heterocycles. The molecule has 0 fully saturated rings. The van der Waals surface area contributed by atoms with Crippen LogP contribution in [-0.2, 0) is 4.74 Å². The van der Waals surface area contributed by atoms with Crippen LogP contribution in [0, 0.1) is 0 Å². The number of carbonyl (C=O) groups excluding carboxylic acids is 1. The summed E-state index contributed by atoms with van der Waals surface area (Å²) < 4.78 is 6.97. The lowest BCUT2D eigenvalue weighted by Crippen LogP contribution is -2.39. The Hall–Kier alpha value is -2.57. The Balaban J connectivity index is 2.09. The molecule has 7 heteroatoms. The first-order chi connectivity index (χ1) is 11.7. The molecule has 0 N–H and O–H groups in total. The minimum absolute atomic E-state index is 0.134. The van der Waals surface area contributed by atoms with Crippen LogP contribution in [0.3, 0.4) is 0 Å². The van der Waals surface area contributed by atoms with Gasteiger partial charge < -0.3 is 14.5 Å². The van der Waals surface area contributed by atoms with E-state index in [1.165, 1.54) is 6.07 Å². The fourth-order valence-electron chi connectivity index (χ4n) is 2.34. The van der Waals surface area contributed by atoms with Crippen LogP contribution in [0.25, 0.3) is 5.70 Å². The maximum Gasteiger partial charge on any atom is 0.410 e. The number of ether oxygens (including phenoxy) is 1. The number of aromatic nitrogens is 1. The molecule has 25 heavy (non-hydrogen) atoms. The lowest BCUT2D eigenvalue weighted by atomic mass is 10.2. The third-order valence-electron chi connectivity index (χ3n) is 3.49. The highest BCUT2D eigenvalue weighted by Crippen LogP contribution is 2.18. The van der Waals surface area contributed by atoms with E-state index in [-0.39, 0.29) is 11.7 Å². The van der Waals surface area contributed by atoms with Crippen LogP contribution in [0.1, 0.15) is 27.2 Å². The predicted octanol–water partition coefficient (Wildman–Crippen LogP) is 2.55. The number of hydrogen-bond acceptors (Lipinski definition) is 4. The second-order valence-corrected chi connectivity index (χ2v) is 7.17. The van der Waals surface area contributed by atoms with Gasteiger partial charge in [-0.1, -0.05) is 0 Å². The summed E-state index contributed by atoms with van der Waals surface area (Å²) in [4.78, 5) is 32.1. The van der Waals surface area contributed by atoms with E-state index in [1.54, 1.807) is 33.0 Å². The Morgan fingerprint density at radius 2 is 2.08 bits per heavy atom. The van der Waals surface area contributed by atoms with E-state index in [2.05, 4.69) is 4.99 Å². The van der Waals surface area contributed by atoms with Gasteiger partial charge in [0, 0.05) is 51.6 Å². The molecule has 2 rings (SSSR count). The molecular formula is C18H26N4O3. The number of rotatable bonds is 3. The van der Waals surface area contributed by atoms with Crippen molar-refractivity contribution in [2.45, 2.75) is 32.8 Å². The van der Waals surface area contributed by atoms with Gasteiger partial charge in [0.05, 0.1) is 12.0 Å². The normalized spacial score (nSPS) is 15.2.